The van der Waals surface area contributed by atoms with Gasteiger partial charge >= 0.3 is 0 Å². The largest absolute Gasteiger partial charge is 0.394 e. The lowest BCUT2D eigenvalue weighted by Gasteiger charge is -2.20. The molecule has 0 spiro atoms. The van der Waals surface area contributed by atoms with Gasteiger partial charge in [0.05, 0.1) is 18.8 Å². The zero-order valence-electron chi connectivity index (χ0n) is 33.2. The molecule has 1 amide bonds. The van der Waals surface area contributed by atoms with Gasteiger partial charge in [-0.3, -0.25) is 4.79 Å². The van der Waals surface area contributed by atoms with Crippen molar-refractivity contribution >= 4 is 5.91 Å². The number of nitrogens with one attached hydrogen (secondary N) is 1. The molecule has 0 radical (unpaired) electrons. The van der Waals surface area contributed by atoms with E-state index in [4.69, 9.17) is 0 Å². The van der Waals surface area contributed by atoms with Gasteiger partial charge in [0, 0.05) is 6.42 Å². The van der Waals surface area contributed by atoms with Gasteiger partial charge in [0.15, 0.2) is 0 Å². The zero-order chi connectivity index (χ0) is 36.4. The van der Waals surface area contributed by atoms with Crippen molar-refractivity contribution in [2.45, 2.75) is 219 Å². The summed E-state index contributed by atoms with van der Waals surface area (Å²) in [5, 5.41) is 23.0. The van der Waals surface area contributed by atoms with E-state index in [1.165, 1.54) is 128 Å². The number of hydrogen-bond acceptors (Lipinski definition) is 3. The van der Waals surface area contributed by atoms with Gasteiger partial charge in [0.25, 0.3) is 0 Å². The number of rotatable bonds is 38. The average Bonchev–Trinajstić information content (AvgIpc) is 3.12. The Kier molecular flexibility index (Phi) is 39.9. The smallest absolute Gasteiger partial charge is 0.220 e. The standard InChI is InChI=1S/C46H83NO3/c1-3-5-7-9-11-13-15-17-19-21-22-23-24-26-28-30-32-34-36-38-40-42-46(50)47-44(43-48)45(49)41-39-37-35-33-31-29-27-25-20-18-16-14-12-10-8-6-4-2/h5,7,11,13,17,19,22-23,39,41,44-45,48-49H,3-4,6,8-10,12,14-16,18,20-21,24-38,40,42-43H2,1-2H3,(H,47,50)/b7-5-,13-11-,19-17-,23-22-,41-39+. The fourth-order valence-corrected chi connectivity index (χ4v) is 6.23. The molecule has 2 unspecified atom stereocenters. The van der Waals surface area contributed by atoms with Crippen molar-refractivity contribution in [3.05, 3.63) is 60.8 Å². The zero-order valence-corrected chi connectivity index (χ0v) is 33.2. The minimum atomic E-state index is -0.844. The van der Waals surface area contributed by atoms with Gasteiger partial charge in [-0.2, -0.15) is 0 Å². The third-order valence-electron chi connectivity index (χ3n) is 9.51. The molecule has 3 N–H and O–H groups in total. The highest BCUT2D eigenvalue weighted by Gasteiger charge is 2.17. The first kappa shape index (κ1) is 48.1. The van der Waals surface area contributed by atoms with Crippen LogP contribution in [0.15, 0.2) is 60.8 Å². The summed E-state index contributed by atoms with van der Waals surface area (Å²) in [6.45, 7) is 4.19. The first-order valence-corrected chi connectivity index (χ1v) is 21.5. The van der Waals surface area contributed by atoms with Gasteiger partial charge in [0.1, 0.15) is 0 Å². The third-order valence-corrected chi connectivity index (χ3v) is 9.51. The van der Waals surface area contributed by atoms with Crippen LogP contribution >= 0.6 is 0 Å². The van der Waals surface area contributed by atoms with Crippen molar-refractivity contribution in [1.29, 1.82) is 0 Å². The SMILES string of the molecule is CC/C=C\C/C=C\C/C=C\C/C=C\CCCCCCCCCCC(=O)NC(CO)C(O)/C=C/CCCCCCCCCCCCCCCCC. The monoisotopic (exact) mass is 698 g/mol. The van der Waals surface area contributed by atoms with Crippen molar-refractivity contribution < 1.29 is 15.0 Å². The van der Waals surface area contributed by atoms with Crippen LogP contribution < -0.4 is 5.32 Å². The van der Waals surface area contributed by atoms with Crippen molar-refractivity contribution in [3.63, 3.8) is 0 Å². The van der Waals surface area contributed by atoms with Crippen LogP contribution in [0.2, 0.25) is 0 Å². The topological polar surface area (TPSA) is 69.6 Å². The Balaban J connectivity index is 3.61. The van der Waals surface area contributed by atoms with Crippen molar-refractivity contribution in [2.24, 2.45) is 0 Å². The van der Waals surface area contributed by atoms with Crippen LogP contribution in [-0.2, 0) is 4.79 Å². The van der Waals surface area contributed by atoms with Crippen LogP contribution in [0, 0.1) is 0 Å². The number of hydrogen-bond donors (Lipinski definition) is 3. The molecular weight excluding hydrogens is 615 g/mol. The summed E-state index contributed by atoms with van der Waals surface area (Å²) in [6, 6.07) is -0.628. The summed E-state index contributed by atoms with van der Waals surface area (Å²) in [7, 11) is 0. The second kappa shape index (κ2) is 41.5. The minimum Gasteiger partial charge on any atom is -0.394 e. The van der Waals surface area contributed by atoms with E-state index in [-0.39, 0.29) is 12.5 Å². The highest BCUT2D eigenvalue weighted by atomic mass is 16.3. The van der Waals surface area contributed by atoms with Gasteiger partial charge in [-0.25, -0.2) is 0 Å². The molecule has 0 aliphatic carbocycles. The van der Waals surface area contributed by atoms with Gasteiger partial charge in [-0.05, 0) is 57.8 Å². The predicted molar refractivity (Wildman–Crippen MR) is 221 cm³/mol. The summed E-state index contributed by atoms with van der Waals surface area (Å²) in [5.41, 5.74) is 0. The molecule has 0 aromatic carbocycles. The molecule has 0 bridgehead atoms. The maximum absolute atomic E-state index is 12.4. The molecule has 0 aliphatic rings. The molecule has 0 saturated heterocycles. The summed E-state index contributed by atoms with van der Waals surface area (Å²) >= 11 is 0. The lowest BCUT2D eigenvalue weighted by atomic mass is 10.0. The average molecular weight is 698 g/mol. The quantitative estimate of drug-likeness (QED) is 0.0444. The van der Waals surface area contributed by atoms with Crippen LogP contribution in [0.4, 0.5) is 0 Å². The Hall–Kier alpha value is -1.91. The van der Waals surface area contributed by atoms with Gasteiger partial charge in [0.2, 0.25) is 5.91 Å². The number of aliphatic hydroxyl groups excluding tert-OH is 2. The van der Waals surface area contributed by atoms with E-state index < -0.39 is 12.1 Å². The maximum Gasteiger partial charge on any atom is 0.220 e. The maximum atomic E-state index is 12.4. The summed E-state index contributed by atoms with van der Waals surface area (Å²) in [4.78, 5) is 12.4. The highest BCUT2D eigenvalue weighted by Crippen LogP contribution is 2.14. The molecule has 4 heteroatoms. The Morgan fingerprint density at radius 2 is 0.880 bits per heavy atom. The normalized spacial score (nSPS) is 13.6. The summed E-state index contributed by atoms with van der Waals surface area (Å²) in [5.74, 6) is -0.0743. The lowest BCUT2D eigenvalue weighted by molar-refractivity contribution is -0.123. The number of carbonyl (C=O) groups excluding carboxylic acids is 1. The van der Waals surface area contributed by atoms with Crippen LogP contribution in [0.3, 0.4) is 0 Å². The minimum absolute atomic E-state index is 0.0743. The second-order valence-corrected chi connectivity index (χ2v) is 14.4. The molecule has 2 atom stereocenters. The van der Waals surface area contributed by atoms with Crippen LogP contribution in [0.1, 0.15) is 206 Å². The van der Waals surface area contributed by atoms with Crippen molar-refractivity contribution in [2.75, 3.05) is 6.61 Å². The fourth-order valence-electron chi connectivity index (χ4n) is 6.23. The molecule has 0 aromatic heterocycles. The first-order chi connectivity index (χ1) is 24.7. The number of unbranched alkanes of at least 4 members (excludes halogenated alkanes) is 23. The highest BCUT2D eigenvalue weighted by molar-refractivity contribution is 5.76. The molecule has 0 saturated carbocycles. The van der Waals surface area contributed by atoms with Gasteiger partial charge < -0.3 is 15.5 Å². The molecule has 0 rings (SSSR count). The van der Waals surface area contributed by atoms with Crippen molar-refractivity contribution in [1.82, 2.24) is 5.32 Å². The van der Waals surface area contributed by atoms with Crippen LogP contribution in [0.5, 0.6) is 0 Å². The molecule has 0 fully saturated rings. The molecule has 0 aromatic rings. The van der Waals surface area contributed by atoms with E-state index in [0.717, 1.165) is 57.8 Å². The number of amides is 1. The van der Waals surface area contributed by atoms with Gasteiger partial charge in [-0.15, -0.1) is 0 Å². The molecule has 0 heterocycles. The van der Waals surface area contributed by atoms with E-state index in [2.05, 4.69) is 67.8 Å². The third kappa shape index (κ3) is 37.3. The number of carbonyl (C=O) groups is 1. The number of aliphatic hydroxyl groups is 2. The lowest BCUT2D eigenvalue weighted by Crippen LogP contribution is -2.45. The molecular formula is C46H83NO3. The van der Waals surface area contributed by atoms with E-state index in [9.17, 15) is 15.0 Å². The second-order valence-electron chi connectivity index (χ2n) is 14.4. The summed E-state index contributed by atoms with van der Waals surface area (Å²) in [6.07, 6.45) is 57.5. The number of allylic oxidation sites excluding steroid dienone is 9. The Morgan fingerprint density at radius 3 is 1.32 bits per heavy atom. The predicted octanol–water partition coefficient (Wildman–Crippen LogP) is 13.3. The van der Waals surface area contributed by atoms with Gasteiger partial charge in [-0.1, -0.05) is 203 Å². The molecule has 0 aliphatic heterocycles. The van der Waals surface area contributed by atoms with E-state index in [1.807, 2.05) is 6.08 Å². The Morgan fingerprint density at radius 1 is 0.500 bits per heavy atom. The van der Waals surface area contributed by atoms with E-state index in [0.29, 0.717) is 6.42 Å². The van der Waals surface area contributed by atoms with E-state index >= 15 is 0 Å². The van der Waals surface area contributed by atoms with Crippen LogP contribution in [0.25, 0.3) is 0 Å². The van der Waals surface area contributed by atoms with Crippen LogP contribution in [-0.4, -0.2) is 34.9 Å². The molecule has 4 nitrogen and oxygen atoms in total. The van der Waals surface area contributed by atoms with Crippen molar-refractivity contribution in [3.8, 4) is 0 Å². The Labute approximate surface area is 311 Å². The molecule has 50 heavy (non-hydrogen) atoms. The molecule has 290 valence electrons. The Bertz CT molecular complexity index is 842. The first-order valence-electron chi connectivity index (χ1n) is 21.5. The van der Waals surface area contributed by atoms with E-state index in [1.54, 1.807) is 6.08 Å². The summed E-state index contributed by atoms with van der Waals surface area (Å²) < 4.78 is 0. The fraction of sp³-hybridized carbons (Fsp3) is 0.761.